The molecule has 1 aromatic carbocycles. The summed E-state index contributed by atoms with van der Waals surface area (Å²) < 4.78 is 0. The second-order valence-corrected chi connectivity index (χ2v) is 11.2. The van der Waals surface area contributed by atoms with Gasteiger partial charge >= 0.3 is 0 Å². The molecule has 0 aromatic heterocycles. The monoisotopic (exact) mass is 681 g/mol. The number of nitrogens with one attached hydrogen (secondary N) is 2. The summed E-state index contributed by atoms with van der Waals surface area (Å²) in [6.45, 7) is 34.4. The van der Waals surface area contributed by atoms with Gasteiger partial charge in [-0.3, -0.25) is 9.69 Å². The Hall–Kier alpha value is -3.35. The molecule has 0 spiro atoms. The van der Waals surface area contributed by atoms with Gasteiger partial charge in [-0.25, -0.2) is 0 Å². The fraction of sp³-hybridized carbons (Fsp3) is 0.558. The molecule has 0 bridgehead atoms. The molecule has 2 aliphatic rings. The highest BCUT2D eigenvalue weighted by Crippen LogP contribution is 2.22. The Balaban J connectivity index is -0.000000601. The number of nitrogens with zero attached hydrogens (tertiary/aromatic N) is 2. The number of allylic oxidation sites excluding steroid dienone is 6. The van der Waals surface area contributed by atoms with E-state index < -0.39 is 0 Å². The van der Waals surface area contributed by atoms with Gasteiger partial charge in [-0.2, -0.15) is 0 Å². The van der Waals surface area contributed by atoms with Crippen molar-refractivity contribution in [3.05, 3.63) is 108 Å². The van der Waals surface area contributed by atoms with Crippen LogP contribution < -0.4 is 10.6 Å². The van der Waals surface area contributed by atoms with Gasteiger partial charge in [0.25, 0.3) is 6.47 Å². The Labute approximate surface area is 303 Å². The number of carboxylic acid groups (broad SMARTS) is 1. The molecule has 0 atom stereocenters. The predicted octanol–water partition coefficient (Wildman–Crippen LogP) is 10.4. The Morgan fingerprint density at radius 2 is 1.57 bits per heavy atom. The second kappa shape index (κ2) is 37.5. The van der Waals surface area contributed by atoms with E-state index in [0.717, 1.165) is 56.5 Å². The van der Waals surface area contributed by atoms with Gasteiger partial charge in [0.05, 0.1) is 0 Å². The van der Waals surface area contributed by atoms with E-state index in [0.29, 0.717) is 0 Å². The summed E-state index contributed by atoms with van der Waals surface area (Å²) in [5.74, 6) is 0.923. The van der Waals surface area contributed by atoms with E-state index in [1.807, 2.05) is 47.7 Å². The standard InChI is InChI=1S/C15H26N2.C13H21N.C10H15N.2C2H6.CH2O2/c1-5-14-9-11-17(12-10-14)13(3)7-8-15(6-2)16-4;1-3-10-14(11-4-2)12-13-8-6-5-7-9-13;1-3-5-10-8-11-7-6-9(10)4-2;2*1-2;2-1-3/h6-8,14,16H,3,5,9-12H2,1-2,4H3;5-9H,3-4,10-12H2,1-2H3;3-5,11H,1,6-8H2,2H3;2*1-2H3;1H,(H,2,3)/b8-7-,15-6+;;9-4-,10-5-;;;. The summed E-state index contributed by atoms with van der Waals surface area (Å²) in [4.78, 5) is 13.3. The summed E-state index contributed by atoms with van der Waals surface area (Å²) in [6.07, 6.45) is 20.0. The van der Waals surface area contributed by atoms with E-state index in [1.165, 1.54) is 61.9 Å². The molecule has 2 heterocycles. The van der Waals surface area contributed by atoms with Crippen LogP contribution in [0.2, 0.25) is 0 Å². The highest BCUT2D eigenvalue weighted by atomic mass is 16.3. The highest BCUT2D eigenvalue weighted by Gasteiger charge is 2.17. The van der Waals surface area contributed by atoms with Gasteiger partial charge in [-0.15, -0.1) is 0 Å². The van der Waals surface area contributed by atoms with Crippen molar-refractivity contribution in [3.8, 4) is 0 Å². The third-order valence-corrected chi connectivity index (χ3v) is 7.95. The molecule has 0 aliphatic carbocycles. The molecular weight excluding hydrogens is 604 g/mol. The minimum absolute atomic E-state index is 0.250. The van der Waals surface area contributed by atoms with Crippen LogP contribution in [0.25, 0.3) is 0 Å². The van der Waals surface area contributed by atoms with Gasteiger partial charge in [0.2, 0.25) is 0 Å². The van der Waals surface area contributed by atoms with Gasteiger partial charge in [-0.1, -0.05) is 123 Å². The molecule has 6 heteroatoms. The van der Waals surface area contributed by atoms with Crippen LogP contribution in [-0.2, 0) is 11.3 Å². The summed E-state index contributed by atoms with van der Waals surface area (Å²) >= 11 is 0. The van der Waals surface area contributed by atoms with Crippen LogP contribution in [0.1, 0.15) is 106 Å². The van der Waals surface area contributed by atoms with Gasteiger partial charge in [0, 0.05) is 44.6 Å². The molecule has 6 nitrogen and oxygen atoms in total. The zero-order chi connectivity index (χ0) is 37.7. The van der Waals surface area contributed by atoms with Gasteiger partial charge in [0.15, 0.2) is 0 Å². The molecule has 0 saturated carbocycles. The smallest absolute Gasteiger partial charge is 0.290 e. The first kappa shape index (κ1) is 50.0. The van der Waals surface area contributed by atoms with Crippen LogP contribution in [0, 0.1) is 5.92 Å². The summed E-state index contributed by atoms with van der Waals surface area (Å²) in [7, 11) is 1.94. The fourth-order valence-corrected chi connectivity index (χ4v) is 5.35. The van der Waals surface area contributed by atoms with Gasteiger partial charge in [0.1, 0.15) is 0 Å². The Kier molecular flexibility index (Phi) is 38.3. The number of rotatable bonds is 12. The van der Waals surface area contributed by atoms with Crippen molar-refractivity contribution in [1.82, 2.24) is 20.4 Å². The van der Waals surface area contributed by atoms with Crippen molar-refractivity contribution in [1.29, 1.82) is 0 Å². The fourth-order valence-electron chi connectivity index (χ4n) is 5.35. The van der Waals surface area contributed by atoms with Crippen LogP contribution >= 0.6 is 0 Å². The maximum absolute atomic E-state index is 8.36. The van der Waals surface area contributed by atoms with E-state index in [1.54, 1.807) is 0 Å². The van der Waals surface area contributed by atoms with E-state index >= 15 is 0 Å². The summed E-state index contributed by atoms with van der Waals surface area (Å²) in [6, 6.07) is 10.7. The van der Waals surface area contributed by atoms with Crippen molar-refractivity contribution < 1.29 is 9.90 Å². The number of benzene rings is 1. The van der Waals surface area contributed by atoms with E-state index in [2.05, 4.69) is 122 Å². The molecule has 0 radical (unpaired) electrons. The SMILES string of the molecule is C=C(/C=C\C(=C/C)NC)N1CCC(CC)CC1.C=C/C=C1/CNCC/C1=C/C.CC.CC.CCCN(CCC)Cc1ccccc1.O=CO. The first-order valence-corrected chi connectivity index (χ1v) is 18.8. The highest BCUT2D eigenvalue weighted by molar-refractivity contribution is 5.36. The van der Waals surface area contributed by atoms with Crippen LogP contribution in [0.4, 0.5) is 0 Å². The van der Waals surface area contributed by atoms with Crippen molar-refractivity contribution in [2.24, 2.45) is 5.92 Å². The molecule has 1 aromatic rings. The molecule has 2 aliphatic heterocycles. The molecule has 3 N–H and O–H groups in total. The lowest BCUT2D eigenvalue weighted by Gasteiger charge is -2.33. The largest absolute Gasteiger partial charge is 0.483 e. The first-order valence-electron chi connectivity index (χ1n) is 18.8. The molecule has 0 amide bonds. The molecule has 280 valence electrons. The maximum Gasteiger partial charge on any atom is 0.290 e. The van der Waals surface area contributed by atoms with E-state index in [-0.39, 0.29) is 6.47 Å². The van der Waals surface area contributed by atoms with Gasteiger partial charge in [-0.05, 0) is 100 Å². The van der Waals surface area contributed by atoms with Crippen molar-refractivity contribution in [2.75, 3.05) is 46.3 Å². The van der Waals surface area contributed by atoms with Crippen molar-refractivity contribution in [2.45, 2.75) is 107 Å². The second-order valence-electron chi connectivity index (χ2n) is 11.2. The minimum Gasteiger partial charge on any atom is -0.483 e. The Morgan fingerprint density at radius 1 is 1.00 bits per heavy atom. The third-order valence-electron chi connectivity index (χ3n) is 7.95. The number of hydrogen-bond acceptors (Lipinski definition) is 5. The average Bonchev–Trinajstić information content (AvgIpc) is 3.15. The Morgan fingerprint density at radius 3 is 2.02 bits per heavy atom. The lowest BCUT2D eigenvalue weighted by Crippen LogP contribution is -2.32. The quantitative estimate of drug-likeness (QED) is 0.151. The predicted molar refractivity (Wildman–Crippen MR) is 219 cm³/mol. The number of likely N-dealkylation sites (N-methyl/N-ethyl adjacent to an activating group) is 1. The molecule has 2 saturated heterocycles. The van der Waals surface area contributed by atoms with E-state index in [4.69, 9.17) is 9.90 Å². The van der Waals surface area contributed by atoms with Crippen LogP contribution in [-0.4, -0.2) is 67.7 Å². The molecule has 0 unspecified atom stereocenters. The van der Waals surface area contributed by atoms with Crippen LogP contribution in [0.3, 0.4) is 0 Å². The van der Waals surface area contributed by atoms with Crippen molar-refractivity contribution >= 4 is 6.47 Å². The zero-order valence-corrected chi connectivity index (χ0v) is 33.4. The topological polar surface area (TPSA) is 67.8 Å². The number of likely N-dealkylation sites (tertiary alicyclic amines) is 1. The van der Waals surface area contributed by atoms with Crippen LogP contribution in [0.5, 0.6) is 0 Å². The summed E-state index contributed by atoms with van der Waals surface area (Å²) in [5, 5.41) is 13.4. The average molecular weight is 681 g/mol. The number of carbonyl (C=O) groups is 1. The third kappa shape index (κ3) is 26.2. The first-order chi connectivity index (χ1) is 23.9. The minimum atomic E-state index is -0.250. The molecule has 2 fully saturated rings. The lowest BCUT2D eigenvalue weighted by atomic mass is 9.94. The van der Waals surface area contributed by atoms with Crippen molar-refractivity contribution in [3.63, 3.8) is 0 Å². The van der Waals surface area contributed by atoms with Crippen LogP contribution in [0.15, 0.2) is 102 Å². The maximum atomic E-state index is 8.36. The summed E-state index contributed by atoms with van der Waals surface area (Å²) in [5.41, 5.74) is 6.54. The lowest BCUT2D eigenvalue weighted by molar-refractivity contribution is -0.122. The zero-order valence-electron chi connectivity index (χ0n) is 33.4. The normalized spacial score (nSPS) is 15.9. The van der Waals surface area contributed by atoms with E-state index in [9.17, 15) is 0 Å². The number of piperidine rings is 2. The Bertz CT molecular complexity index is 1030. The van der Waals surface area contributed by atoms with Gasteiger partial charge < -0.3 is 20.6 Å². The molecular formula is C43H76N4O2. The molecule has 3 rings (SSSR count). The molecule has 49 heavy (non-hydrogen) atoms. The number of hydrogen-bond donors (Lipinski definition) is 3.